The number of rotatable bonds is 8. The number of aliphatic hydroxyl groups excluding tert-OH is 1. The summed E-state index contributed by atoms with van der Waals surface area (Å²) in [6.07, 6.45) is 1.02. The molecule has 0 bridgehead atoms. The van der Waals surface area contributed by atoms with Crippen LogP contribution in [0, 0.1) is 6.92 Å². The van der Waals surface area contributed by atoms with Gasteiger partial charge in [-0.25, -0.2) is 0 Å². The molecule has 0 saturated heterocycles. The lowest BCUT2D eigenvalue weighted by Crippen LogP contribution is -2.23. The predicted octanol–water partition coefficient (Wildman–Crippen LogP) is 3.19. The minimum absolute atomic E-state index is 0.0490. The molecule has 2 N–H and O–H groups in total. The first-order valence-corrected chi connectivity index (χ1v) is 9.68. The quantitative estimate of drug-likeness (QED) is 0.616. The van der Waals surface area contributed by atoms with Gasteiger partial charge in [0.25, 0.3) is 0 Å². The summed E-state index contributed by atoms with van der Waals surface area (Å²) in [6, 6.07) is 7.54. The van der Waals surface area contributed by atoms with E-state index in [-0.39, 0.29) is 5.91 Å². The lowest BCUT2D eigenvalue weighted by atomic mass is 10.1. The number of aromatic nitrogens is 3. The van der Waals surface area contributed by atoms with Gasteiger partial charge >= 0.3 is 0 Å². The molecule has 0 aliphatic carbocycles. The molecule has 7 nitrogen and oxygen atoms in total. The van der Waals surface area contributed by atoms with E-state index >= 15 is 0 Å². The van der Waals surface area contributed by atoms with Crippen LogP contribution in [0.3, 0.4) is 0 Å². The number of pyridine rings is 1. The number of aryl methyl sites for hydroxylation is 2. The molecule has 0 radical (unpaired) electrons. The van der Waals surface area contributed by atoms with Gasteiger partial charge in [0.05, 0.1) is 23.2 Å². The molecular formula is C19H22N4O3S. The van der Waals surface area contributed by atoms with Crippen LogP contribution in [0.5, 0.6) is 0 Å². The maximum Gasteiger partial charge on any atom is 0.226 e. The third kappa shape index (κ3) is 5.21. The third-order valence-electron chi connectivity index (χ3n) is 4.11. The number of aliphatic hydroxyl groups is 1. The summed E-state index contributed by atoms with van der Waals surface area (Å²) >= 11 is 1.56. The van der Waals surface area contributed by atoms with Crippen molar-refractivity contribution in [2.45, 2.75) is 45.8 Å². The van der Waals surface area contributed by atoms with Crippen LogP contribution in [0.25, 0.3) is 10.7 Å². The van der Waals surface area contributed by atoms with Crippen molar-refractivity contribution in [1.29, 1.82) is 0 Å². The van der Waals surface area contributed by atoms with Crippen molar-refractivity contribution < 1.29 is 14.4 Å². The van der Waals surface area contributed by atoms with Crippen molar-refractivity contribution in [2.24, 2.45) is 0 Å². The molecule has 0 aromatic carbocycles. The zero-order valence-electron chi connectivity index (χ0n) is 15.3. The second-order valence-electron chi connectivity index (χ2n) is 6.27. The van der Waals surface area contributed by atoms with Crippen LogP contribution in [-0.2, 0) is 17.8 Å². The fourth-order valence-corrected chi connectivity index (χ4v) is 3.35. The van der Waals surface area contributed by atoms with Crippen molar-refractivity contribution in [3.05, 3.63) is 52.5 Å². The van der Waals surface area contributed by atoms with Gasteiger partial charge in [-0.1, -0.05) is 17.3 Å². The summed E-state index contributed by atoms with van der Waals surface area (Å²) in [5, 5.41) is 18.4. The highest BCUT2D eigenvalue weighted by Gasteiger charge is 2.11. The third-order valence-corrected chi connectivity index (χ3v) is 4.97. The Hall–Kier alpha value is -2.58. The molecule has 3 aromatic rings. The molecule has 0 saturated carbocycles. The summed E-state index contributed by atoms with van der Waals surface area (Å²) < 4.78 is 5.23. The number of hydrogen-bond donors (Lipinski definition) is 2. The largest absolute Gasteiger partial charge is 0.389 e. The first-order valence-electron chi connectivity index (χ1n) is 8.80. The molecule has 142 valence electrons. The van der Waals surface area contributed by atoms with Gasteiger partial charge in [0.15, 0.2) is 0 Å². The molecule has 27 heavy (non-hydrogen) atoms. The topological polar surface area (TPSA) is 101 Å². The van der Waals surface area contributed by atoms with E-state index in [4.69, 9.17) is 4.52 Å². The van der Waals surface area contributed by atoms with Crippen LogP contribution in [-0.4, -0.2) is 26.1 Å². The van der Waals surface area contributed by atoms with Gasteiger partial charge in [0, 0.05) is 24.1 Å². The van der Waals surface area contributed by atoms with Gasteiger partial charge in [0.1, 0.15) is 0 Å². The maximum absolute atomic E-state index is 12.0. The maximum atomic E-state index is 12.0. The van der Waals surface area contributed by atoms with E-state index in [2.05, 4.69) is 20.4 Å². The van der Waals surface area contributed by atoms with Crippen LogP contribution in [0.2, 0.25) is 0 Å². The van der Waals surface area contributed by atoms with Gasteiger partial charge in [-0.2, -0.15) is 4.98 Å². The van der Waals surface area contributed by atoms with Crippen LogP contribution in [0.1, 0.15) is 48.7 Å². The van der Waals surface area contributed by atoms with Crippen LogP contribution >= 0.6 is 11.3 Å². The van der Waals surface area contributed by atoms with E-state index in [0.717, 1.165) is 21.8 Å². The molecular weight excluding hydrogens is 364 g/mol. The molecule has 0 fully saturated rings. The lowest BCUT2D eigenvalue weighted by molar-refractivity contribution is -0.121. The summed E-state index contributed by atoms with van der Waals surface area (Å²) in [7, 11) is 0. The second kappa shape index (κ2) is 8.88. The highest BCUT2D eigenvalue weighted by atomic mass is 32.1. The average molecular weight is 386 g/mol. The molecule has 0 spiro atoms. The van der Waals surface area contributed by atoms with E-state index in [9.17, 15) is 9.90 Å². The van der Waals surface area contributed by atoms with Gasteiger partial charge in [-0.3, -0.25) is 9.78 Å². The SMILES string of the molecule is Cc1nc(CNC(=O)CCCc2nc(-c3cccs3)no2)ccc1[C@H](C)O. The Morgan fingerprint density at radius 1 is 1.33 bits per heavy atom. The number of nitrogens with zero attached hydrogens (tertiary/aromatic N) is 3. The van der Waals surface area contributed by atoms with Crippen LogP contribution in [0.15, 0.2) is 34.2 Å². The number of carbonyl (C=O) groups excluding carboxylic acids is 1. The molecule has 0 aliphatic rings. The first kappa shape index (κ1) is 19.2. The monoisotopic (exact) mass is 386 g/mol. The van der Waals surface area contributed by atoms with Gasteiger partial charge < -0.3 is 14.9 Å². The number of thiophene rings is 1. The number of amides is 1. The summed E-state index contributed by atoms with van der Waals surface area (Å²) in [5.41, 5.74) is 2.34. The minimum Gasteiger partial charge on any atom is -0.389 e. The minimum atomic E-state index is -0.550. The molecule has 1 atom stereocenters. The highest BCUT2D eigenvalue weighted by Crippen LogP contribution is 2.21. The molecule has 0 unspecified atom stereocenters. The predicted molar refractivity (Wildman–Crippen MR) is 102 cm³/mol. The van der Waals surface area contributed by atoms with Gasteiger partial charge in [-0.05, 0) is 37.8 Å². The fourth-order valence-electron chi connectivity index (χ4n) is 2.70. The number of nitrogens with one attached hydrogen (secondary N) is 1. The summed E-state index contributed by atoms with van der Waals surface area (Å²) in [6.45, 7) is 3.92. The smallest absolute Gasteiger partial charge is 0.226 e. The van der Waals surface area contributed by atoms with Crippen LogP contribution < -0.4 is 5.32 Å². The lowest BCUT2D eigenvalue weighted by Gasteiger charge is -2.10. The summed E-state index contributed by atoms with van der Waals surface area (Å²) in [4.78, 5) is 21.7. The average Bonchev–Trinajstić information content (AvgIpc) is 3.31. The highest BCUT2D eigenvalue weighted by molar-refractivity contribution is 7.13. The van der Waals surface area contributed by atoms with E-state index in [1.165, 1.54) is 0 Å². The van der Waals surface area contributed by atoms with Crippen molar-refractivity contribution in [3.63, 3.8) is 0 Å². The Bertz CT molecular complexity index is 890. The van der Waals surface area contributed by atoms with E-state index in [1.807, 2.05) is 36.6 Å². The molecule has 0 aliphatic heterocycles. The van der Waals surface area contributed by atoms with E-state index in [1.54, 1.807) is 18.3 Å². The normalized spacial score (nSPS) is 12.1. The standard InChI is InChI=1S/C19H22N4O3S/c1-12-15(13(2)24)9-8-14(21-12)11-20-17(25)6-3-7-18-22-19(23-26-18)16-5-4-10-27-16/h4-5,8-10,13,24H,3,6-7,11H2,1-2H3,(H,20,25)/t13-/m0/s1. The fraction of sp³-hybridized carbons (Fsp3) is 0.368. The Balaban J connectivity index is 1.42. The zero-order valence-corrected chi connectivity index (χ0v) is 16.1. The first-order chi connectivity index (χ1) is 13.0. The molecule has 1 amide bonds. The van der Waals surface area contributed by atoms with Crippen molar-refractivity contribution in [2.75, 3.05) is 0 Å². The van der Waals surface area contributed by atoms with Gasteiger partial charge in [-0.15, -0.1) is 11.3 Å². The van der Waals surface area contributed by atoms with E-state index in [0.29, 0.717) is 37.5 Å². The van der Waals surface area contributed by atoms with Crippen molar-refractivity contribution >= 4 is 17.2 Å². The number of hydrogen-bond acceptors (Lipinski definition) is 7. The number of carbonyl (C=O) groups is 1. The van der Waals surface area contributed by atoms with E-state index < -0.39 is 6.10 Å². The Labute approximate surface area is 161 Å². The Morgan fingerprint density at radius 3 is 2.89 bits per heavy atom. The molecule has 8 heteroatoms. The van der Waals surface area contributed by atoms with Crippen molar-refractivity contribution in [1.82, 2.24) is 20.4 Å². The zero-order chi connectivity index (χ0) is 19.2. The summed E-state index contributed by atoms with van der Waals surface area (Å²) in [5.74, 6) is 1.08. The molecule has 3 heterocycles. The van der Waals surface area contributed by atoms with Crippen molar-refractivity contribution in [3.8, 4) is 10.7 Å². The Morgan fingerprint density at radius 2 is 2.19 bits per heavy atom. The van der Waals surface area contributed by atoms with Gasteiger partial charge in [0.2, 0.25) is 17.6 Å². The molecule has 3 aromatic heterocycles. The Kier molecular flexibility index (Phi) is 6.31. The molecule has 3 rings (SSSR count). The second-order valence-corrected chi connectivity index (χ2v) is 7.22. The van der Waals surface area contributed by atoms with Crippen LogP contribution in [0.4, 0.5) is 0 Å².